The molecule has 0 atom stereocenters. The summed E-state index contributed by atoms with van der Waals surface area (Å²) >= 11 is 4.96. The number of carboxylic acid groups (broad SMARTS) is 1. The van der Waals surface area contributed by atoms with Crippen LogP contribution in [0.5, 0.6) is 0 Å². The maximum atomic E-state index is 12.1. The van der Waals surface area contributed by atoms with Gasteiger partial charge in [0.2, 0.25) is 0 Å². The van der Waals surface area contributed by atoms with Crippen molar-refractivity contribution in [3.63, 3.8) is 0 Å². The smallest absolute Gasteiger partial charge is 0.317 e. The normalized spacial score (nSPS) is 10.4. The molecule has 1 aromatic heterocycles. The van der Waals surface area contributed by atoms with Crippen LogP contribution in [0.3, 0.4) is 0 Å². The highest BCUT2D eigenvalue weighted by molar-refractivity contribution is 9.10. The van der Waals surface area contributed by atoms with Gasteiger partial charge in [-0.1, -0.05) is 0 Å². The molecule has 0 spiro atoms. The Bertz CT molecular complexity index is 467. The van der Waals surface area contributed by atoms with Gasteiger partial charge in [-0.05, 0) is 28.4 Å². The van der Waals surface area contributed by atoms with Crippen molar-refractivity contribution in [2.45, 2.75) is 19.4 Å². The number of urea groups is 1. The molecule has 0 bridgehead atoms. The van der Waals surface area contributed by atoms with Gasteiger partial charge in [0.25, 0.3) is 0 Å². The van der Waals surface area contributed by atoms with Crippen LogP contribution in [0.1, 0.15) is 17.7 Å². The second-order valence-corrected chi connectivity index (χ2v) is 6.29. The van der Waals surface area contributed by atoms with Gasteiger partial charge in [-0.2, -0.15) is 0 Å². The van der Waals surface area contributed by atoms with Gasteiger partial charge < -0.3 is 20.1 Å². The van der Waals surface area contributed by atoms with E-state index in [1.165, 1.54) is 0 Å². The molecule has 0 unspecified atom stereocenters. The number of methoxy groups -OCH3 is 1. The van der Waals surface area contributed by atoms with E-state index in [0.29, 0.717) is 32.7 Å². The number of hydrogen-bond acceptors (Lipinski definition) is 4. The molecule has 1 aromatic rings. The summed E-state index contributed by atoms with van der Waals surface area (Å²) in [6, 6.07) is 1.77. The van der Waals surface area contributed by atoms with Crippen molar-refractivity contribution in [1.82, 2.24) is 10.2 Å². The third kappa shape index (κ3) is 7.45. The Morgan fingerprint density at radius 2 is 2.29 bits per heavy atom. The first-order valence-corrected chi connectivity index (χ1v) is 8.16. The number of halogens is 1. The highest BCUT2D eigenvalue weighted by atomic mass is 79.9. The standard InChI is InChI=1S/C13H19BrN2O4S/c1-20-6-5-16(8-11-7-10(14)9-21-11)13(19)15-4-2-3-12(17)18/h7,9H,2-6,8H2,1H3,(H,15,19)(H,17,18). The highest BCUT2D eigenvalue weighted by Crippen LogP contribution is 2.21. The number of carbonyl (C=O) groups is 2. The molecule has 2 N–H and O–H groups in total. The summed E-state index contributed by atoms with van der Waals surface area (Å²) in [5, 5.41) is 13.3. The van der Waals surface area contributed by atoms with Gasteiger partial charge >= 0.3 is 12.0 Å². The van der Waals surface area contributed by atoms with Crippen molar-refractivity contribution in [3.05, 3.63) is 20.8 Å². The topological polar surface area (TPSA) is 78.9 Å². The largest absolute Gasteiger partial charge is 0.481 e. The first-order valence-electron chi connectivity index (χ1n) is 6.49. The number of aliphatic carboxylic acids is 1. The quantitative estimate of drug-likeness (QED) is 0.647. The van der Waals surface area contributed by atoms with Crippen molar-refractivity contribution in [2.24, 2.45) is 0 Å². The van der Waals surface area contributed by atoms with Crippen LogP contribution in [-0.2, 0) is 16.1 Å². The molecule has 0 aliphatic heterocycles. The minimum absolute atomic E-state index is 0.0518. The predicted molar refractivity (Wildman–Crippen MR) is 84.6 cm³/mol. The van der Waals surface area contributed by atoms with Crippen LogP contribution < -0.4 is 5.32 Å². The van der Waals surface area contributed by atoms with Crippen LogP contribution in [0.15, 0.2) is 15.9 Å². The number of amides is 2. The lowest BCUT2D eigenvalue weighted by Crippen LogP contribution is -2.41. The van der Waals surface area contributed by atoms with Gasteiger partial charge in [0.1, 0.15) is 0 Å². The van der Waals surface area contributed by atoms with E-state index in [9.17, 15) is 9.59 Å². The van der Waals surface area contributed by atoms with E-state index in [4.69, 9.17) is 9.84 Å². The molecular formula is C13H19BrN2O4S. The SMILES string of the molecule is COCCN(Cc1cc(Br)cs1)C(=O)NCCCC(=O)O. The molecule has 0 aliphatic rings. The maximum Gasteiger partial charge on any atom is 0.317 e. The van der Waals surface area contributed by atoms with E-state index in [-0.39, 0.29) is 12.5 Å². The van der Waals surface area contributed by atoms with E-state index in [1.54, 1.807) is 23.3 Å². The van der Waals surface area contributed by atoms with Crippen LogP contribution >= 0.6 is 27.3 Å². The maximum absolute atomic E-state index is 12.1. The molecule has 0 aliphatic carbocycles. The Labute approximate surface area is 136 Å². The van der Waals surface area contributed by atoms with E-state index in [2.05, 4.69) is 21.2 Å². The summed E-state index contributed by atoms with van der Waals surface area (Å²) in [7, 11) is 1.59. The van der Waals surface area contributed by atoms with Crippen molar-refractivity contribution >= 4 is 39.3 Å². The van der Waals surface area contributed by atoms with Crippen molar-refractivity contribution in [2.75, 3.05) is 26.8 Å². The Morgan fingerprint density at radius 3 is 2.86 bits per heavy atom. The number of rotatable bonds is 9. The average Bonchev–Trinajstić information content (AvgIpc) is 2.84. The number of hydrogen-bond donors (Lipinski definition) is 2. The Kier molecular flexibility index (Phi) is 8.33. The Morgan fingerprint density at radius 1 is 1.52 bits per heavy atom. The molecular weight excluding hydrogens is 360 g/mol. The molecule has 2 amide bonds. The Balaban J connectivity index is 2.47. The van der Waals surface area contributed by atoms with Crippen LogP contribution in [0, 0.1) is 0 Å². The van der Waals surface area contributed by atoms with Gasteiger partial charge in [0, 0.05) is 41.4 Å². The van der Waals surface area contributed by atoms with Crippen LogP contribution in [0.4, 0.5) is 4.79 Å². The molecule has 118 valence electrons. The monoisotopic (exact) mass is 378 g/mol. The molecule has 6 nitrogen and oxygen atoms in total. The van der Waals surface area contributed by atoms with E-state index in [0.717, 1.165) is 9.35 Å². The summed E-state index contributed by atoms with van der Waals surface area (Å²) < 4.78 is 6.01. The Hall–Kier alpha value is -1.12. The fourth-order valence-corrected chi connectivity index (χ4v) is 3.09. The average molecular weight is 379 g/mol. The third-order valence-electron chi connectivity index (χ3n) is 2.66. The summed E-state index contributed by atoms with van der Waals surface area (Å²) in [4.78, 5) is 25.3. The second-order valence-electron chi connectivity index (χ2n) is 4.37. The van der Waals surface area contributed by atoms with Crippen LogP contribution in [-0.4, -0.2) is 48.8 Å². The first kappa shape index (κ1) is 17.9. The molecule has 0 fully saturated rings. The lowest BCUT2D eigenvalue weighted by atomic mass is 10.3. The molecule has 8 heteroatoms. The minimum atomic E-state index is -0.857. The number of thiophene rings is 1. The van der Waals surface area contributed by atoms with Gasteiger partial charge in [-0.25, -0.2) is 4.79 Å². The number of ether oxygens (including phenoxy) is 1. The fourth-order valence-electron chi connectivity index (χ4n) is 1.63. The highest BCUT2D eigenvalue weighted by Gasteiger charge is 2.14. The number of carboxylic acids is 1. The first-order chi connectivity index (χ1) is 10.0. The van der Waals surface area contributed by atoms with Crippen molar-refractivity contribution in [3.8, 4) is 0 Å². The zero-order chi connectivity index (χ0) is 15.7. The molecule has 21 heavy (non-hydrogen) atoms. The van der Waals surface area contributed by atoms with Crippen LogP contribution in [0.2, 0.25) is 0 Å². The molecule has 1 rings (SSSR count). The summed E-state index contributed by atoms with van der Waals surface area (Å²) in [5.74, 6) is -0.857. The van der Waals surface area contributed by atoms with Crippen LogP contribution in [0.25, 0.3) is 0 Å². The molecule has 0 aromatic carbocycles. The van der Waals surface area contributed by atoms with E-state index >= 15 is 0 Å². The zero-order valence-electron chi connectivity index (χ0n) is 11.8. The number of nitrogens with one attached hydrogen (secondary N) is 1. The summed E-state index contributed by atoms with van der Waals surface area (Å²) in [6.07, 6.45) is 0.472. The van der Waals surface area contributed by atoms with E-state index < -0.39 is 5.97 Å². The van der Waals surface area contributed by atoms with Gasteiger partial charge in [-0.15, -0.1) is 11.3 Å². The lowest BCUT2D eigenvalue weighted by Gasteiger charge is -2.22. The zero-order valence-corrected chi connectivity index (χ0v) is 14.2. The minimum Gasteiger partial charge on any atom is -0.481 e. The lowest BCUT2D eigenvalue weighted by molar-refractivity contribution is -0.137. The van der Waals surface area contributed by atoms with Gasteiger partial charge in [0.15, 0.2) is 0 Å². The van der Waals surface area contributed by atoms with Gasteiger partial charge in [-0.3, -0.25) is 4.79 Å². The molecule has 1 heterocycles. The summed E-state index contributed by atoms with van der Waals surface area (Å²) in [6.45, 7) is 1.79. The second kappa shape index (κ2) is 9.75. The third-order valence-corrected chi connectivity index (χ3v) is 4.35. The number of nitrogens with zero attached hydrogens (tertiary/aromatic N) is 1. The fraction of sp³-hybridized carbons (Fsp3) is 0.538. The molecule has 0 saturated carbocycles. The van der Waals surface area contributed by atoms with Gasteiger partial charge in [0.05, 0.1) is 13.2 Å². The molecule has 0 saturated heterocycles. The molecule has 0 radical (unpaired) electrons. The summed E-state index contributed by atoms with van der Waals surface area (Å²) in [5.41, 5.74) is 0. The van der Waals surface area contributed by atoms with Crippen molar-refractivity contribution < 1.29 is 19.4 Å². The van der Waals surface area contributed by atoms with E-state index in [1.807, 2.05) is 11.4 Å². The number of carbonyl (C=O) groups excluding carboxylic acids is 1. The van der Waals surface area contributed by atoms with Crippen molar-refractivity contribution in [1.29, 1.82) is 0 Å². The predicted octanol–water partition coefficient (Wildman–Crippen LogP) is 2.53.